The summed E-state index contributed by atoms with van der Waals surface area (Å²) in [6.45, 7) is 3.60. The van der Waals surface area contributed by atoms with Crippen LogP contribution in [-0.2, 0) is 20.3 Å². The minimum absolute atomic E-state index is 0.0513. The lowest BCUT2D eigenvalue weighted by Crippen LogP contribution is -2.18. The number of hydrogen-bond donors (Lipinski definition) is 1. The molecule has 0 amide bonds. The molecule has 0 saturated heterocycles. The van der Waals surface area contributed by atoms with Gasteiger partial charge in [-0.05, 0) is 25.5 Å². The van der Waals surface area contributed by atoms with Crippen molar-refractivity contribution in [3.05, 3.63) is 63.2 Å². The first-order valence-electron chi connectivity index (χ1n) is 7.71. The van der Waals surface area contributed by atoms with Crippen LogP contribution in [0.25, 0.3) is 5.65 Å². The van der Waals surface area contributed by atoms with E-state index in [1.807, 2.05) is 6.92 Å². The predicted molar refractivity (Wildman–Crippen MR) is 94.0 cm³/mol. The zero-order chi connectivity index (χ0) is 19.1. The van der Waals surface area contributed by atoms with Gasteiger partial charge in [0.1, 0.15) is 5.56 Å². The fraction of sp³-hybridized carbons (Fsp3) is 0.235. The van der Waals surface area contributed by atoms with E-state index in [1.165, 1.54) is 13.3 Å². The molecule has 0 spiro atoms. The first-order valence-corrected chi connectivity index (χ1v) is 9.36. The molecule has 0 saturated carbocycles. The molecule has 136 valence electrons. The standard InChI is InChI=1S/C17H17N3O5S/c1-10-4-5-14(11(2)6-10)26(23,24)9-12-7-15(21)20-16(19-12)13(8-18-20)17(22)25-3/h4-8,19H,9H2,1-3H3. The van der Waals surface area contributed by atoms with Gasteiger partial charge in [0.2, 0.25) is 0 Å². The smallest absolute Gasteiger partial charge is 0.343 e. The number of methoxy groups -OCH3 is 1. The number of fused-ring (bicyclic) bond motifs is 1. The van der Waals surface area contributed by atoms with Gasteiger partial charge in [0.25, 0.3) is 5.56 Å². The molecular weight excluding hydrogens is 358 g/mol. The molecule has 0 fully saturated rings. The highest BCUT2D eigenvalue weighted by molar-refractivity contribution is 7.90. The Bertz CT molecular complexity index is 1170. The lowest BCUT2D eigenvalue weighted by molar-refractivity contribution is 0.0602. The lowest BCUT2D eigenvalue weighted by atomic mass is 10.2. The van der Waals surface area contributed by atoms with Crippen molar-refractivity contribution in [3.63, 3.8) is 0 Å². The lowest BCUT2D eigenvalue weighted by Gasteiger charge is -2.09. The minimum Gasteiger partial charge on any atom is -0.465 e. The van der Waals surface area contributed by atoms with Crippen molar-refractivity contribution in [1.82, 2.24) is 14.6 Å². The largest absolute Gasteiger partial charge is 0.465 e. The second kappa shape index (κ2) is 6.41. The average molecular weight is 375 g/mol. The van der Waals surface area contributed by atoms with Crippen molar-refractivity contribution in [2.24, 2.45) is 0 Å². The summed E-state index contributed by atoms with van der Waals surface area (Å²) in [7, 11) is -2.48. The molecular formula is C17H17N3O5S. The maximum absolute atomic E-state index is 12.8. The zero-order valence-corrected chi connectivity index (χ0v) is 15.3. The van der Waals surface area contributed by atoms with Crippen LogP contribution in [-0.4, -0.2) is 36.1 Å². The van der Waals surface area contributed by atoms with E-state index in [-0.39, 0.29) is 21.8 Å². The number of aromatic nitrogens is 3. The van der Waals surface area contributed by atoms with Crippen molar-refractivity contribution >= 4 is 21.5 Å². The number of sulfone groups is 1. The van der Waals surface area contributed by atoms with E-state index in [0.717, 1.165) is 16.1 Å². The number of nitrogens with one attached hydrogen (secondary N) is 1. The quantitative estimate of drug-likeness (QED) is 0.690. The Kier molecular flexibility index (Phi) is 4.41. The van der Waals surface area contributed by atoms with Crippen LogP contribution in [0.15, 0.2) is 40.2 Å². The monoisotopic (exact) mass is 375 g/mol. The van der Waals surface area contributed by atoms with Crippen LogP contribution < -0.4 is 5.56 Å². The van der Waals surface area contributed by atoms with E-state index >= 15 is 0 Å². The molecule has 0 unspecified atom stereocenters. The first-order chi connectivity index (χ1) is 12.2. The van der Waals surface area contributed by atoms with Crippen LogP contribution in [0.3, 0.4) is 0 Å². The molecule has 9 heteroatoms. The van der Waals surface area contributed by atoms with Crippen molar-refractivity contribution in [2.45, 2.75) is 24.5 Å². The number of benzene rings is 1. The van der Waals surface area contributed by atoms with E-state index in [1.54, 1.807) is 25.1 Å². The van der Waals surface area contributed by atoms with Crippen molar-refractivity contribution in [1.29, 1.82) is 0 Å². The third-order valence-corrected chi connectivity index (χ3v) is 5.79. The predicted octanol–water partition coefficient (Wildman–Crippen LogP) is 1.40. The molecule has 0 atom stereocenters. The second-order valence-electron chi connectivity index (χ2n) is 5.97. The van der Waals surface area contributed by atoms with Gasteiger partial charge in [0.05, 0.1) is 24.0 Å². The van der Waals surface area contributed by atoms with Crippen molar-refractivity contribution < 1.29 is 17.9 Å². The van der Waals surface area contributed by atoms with Crippen LogP contribution >= 0.6 is 0 Å². The molecule has 1 N–H and O–H groups in total. The van der Waals surface area contributed by atoms with Crippen LogP contribution in [0.1, 0.15) is 27.2 Å². The normalized spacial score (nSPS) is 11.7. The van der Waals surface area contributed by atoms with E-state index in [9.17, 15) is 18.0 Å². The number of aryl methyl sites for hydroxylation is 2. The number of rotatable bonds is 4. The Labute approximate surface area is 149 Å². The van der Waals surface area contributed by atoms with Gasteiger partial charge < -0.3 is 9.72 Å². The fourth-order valence-corrected chi connectivity index (χ4v) is 4.35. The summed E-state index contributed by atoms with van der Waals surface area (Å²) in [5, 5.41) is 3.83. The maximum atomic E-state index is 12.8. The summed E-state index contributed by atoms with van der Waals surface area (Å²) >= 11 is 0. The third-order valence-electron chi connectivity index (χ3n) is 3.97. The number of carbonyl (C=O) groups is 1. The molecule has 0 bridgehead atoms. The number of hydrogen-bond acceptors (Lipinski definition) is 6. The summed E-state index contributed by atoms with van der Waals surface area (Å²) in [5.74, 6) is -1.08. The van der Waals surface area contributed by atoms with Crippen LogP contribution in [0.4, 0.5) is 0 Å². The molecule has 0 aliphatic carbocycles. The molecule has 0 aliphatic heterocycles. The van der Waals surface area contributed by atoms with Crippen molar-refractivity contribution in [3.8, 4) is 0 Å². The Balaban J connectivity index is 2.08. The molecule has 0 radical (unpaired) electrons. The van der Waals surface area contributed by atoms with E-state index < -0.39 is 27.1 Å². The number of ether oxygens (including phenoxy) is 1. The van der Waals surface area contributed by atoms with Gasteiger partial charge in [-0.1, -0.05) is 17.7 Å². The van der Waals surface area contributed by atoms with Gasteiger partial charge in [-0.3, -0.25) is 4.79 Å². The number of esters is 1. The van der Waals surface area contributed by atoms with Gasteiger partial charge in [0, 0.05) is 11.8 Å². The summed E-state index contributed by atoms with van der Waals surface area (Å²) in [4.78, 5) is 27.0. The number of H-pyrrole nitrogens is 1. The van der Waals surface area contributed by atoms with Crippen LogP contribution in [0, 0.1) is 13.8 Å². The molecule has 2 heterocycles. The van der Waals surface area contributed by atoms with E-state index in [2.05, 4.69) is 14.8 Å². The van der Waals surface area contributed by atoms with Gasteiger partial charge in [-0.25, -0.2) is 13.2 Å². The Hall–Kier alpha value is -2.94. The van der Waals surface area contributed by atoms with E-state index in [0.29, 0.717) is 5.56 Å². The topological polar surface area (TPSA) is 111 Å². The fourth-order valence-electron chi connectivity index (χ4n) is 2.80. The summed E-state index contributed by atoms with van der Waals surface area (Å²) in [5.41, 5.74) is 1.35. The molecule has 2 aromatic heterocycles. The number of aromatic amines is 1. The molecule has 26 heavy (non-hydrogen) atoms. The van der Waals surface area contributed by atoms with E-state index in [4.69, 9.17) is 0 Å². The average Bonchev–Trinajstić information content (AvgIpc) is 2.97. The molecule has 8 nitrogen and oxygen atoms in total. The van der Waals surface area contributed by atoms with Crippen LogP contribution in [0.2, 0.25) is 0 Å². The number of carbonyl (C=O) groups excluding carboxylic acids is 1. The maximum Gasteiger partial charge on any atom is 0.343 e. The molecule has 3 aromatic rings. The molecule has 1 aromatic carbocycles. The van der Waals surface area contributed by atoms with Gasteiger partial charge in [-0.15, -0.1) is 0 Å². The highest BCUT2D eigenvalue weighted by atomic mass is 32.2. The van der Waals surface area contributed by atoms with Gasteiger partial charge in [-0.2, -0.15) is 9.61 Å². The zero-order valence-electron chi connectivity index (χ0n) is 14.4. The molecule has 0 aliphatic rings. The number of nitrogens with zero attached hydrogens (tertiary/aromatic N) is 2. The summed E-state index contributed by atoms with van der Waals surface area (Å²) in [6, 6.07) is 6.21. The Morgan fingerprint density at radius 1 is 1.27 bits per heavy atom. The first kappa shape index (κ1) is 17.9. The van der Waals surface area contributed by atoms with Crippen molar-refractivity contribution in [2.75, 3.05) is 7.11 Å². The highest BCUT2D eigenvalue weighted by Gasteiger charge is 2.21. The highest BCUT2D eigenvalue weighted by Crippen LogP contribution is 2.21. The van der Waals surface area contributed by atoms with Gasteiger partial charge in [0.15, 0.2) is 15.5 Å². The Morgan fingerprint density at radius 3 is 2.65 bits per heavy atom. The SMILES string of the molecule is COC(=O)c1cnn2c(=O)cc(CS(=O)(=O)c3ccc(C)cc3C)[nH]c12. The van der Waals surface area contributed by atoms with Gasteiger partial charge >= 0.3 is 5.97 Å². The minimum atomic E-state index is -3.68. The third kappa shape index (κ3) is 3.13. The second-order valence-corrected chi connectivity index (χ2v) is 7.93. The summed E-state index contributed by atoms with van der Waals surface area (Å²) < 4.78 is 31.1. The Morgan fingerprint density at radius 2 is 2.00 bits per heavy atom. The van der Waals surface area contributed by atoms with Crippen LogP contribution in [0.5, 0.6) is 0 Å². The molecule has 3 rings (SSSR count). The summed E-state index contributed by atoms with van der Waals surface area (Å²) in [6.07, 6.45) is 1.20.